The fraction of sp³-hybridized carbons (Fsp3) is 0.462. The van der Waals surface area contributed by atoms with Gasteiger partial charge in [0.25, 0.3) is 5.69 Å². The van der Waals surface area contributed by atoms with Crippen LogP contribution in [0.2, 0.25) is 0 Å². The molecule has 0 saturated carbocycles. The van der Waals surface area contributed by atoms with E-state index in [4.69, 9.17) is 9.84 Å². The van der Waals surface area contributed by atoms with Gasteiger partial charge in [-0.05, 0) is 34.0 Å². The number of aromatic carboxylic acids is 1. The zero-order valence-corrected chi connectivity index (χ0v) is 11.9. The molecule has 0 amide bonds. The maximum Gasteiger partial charge on any atom is 0.339 e. The van der Waals surface area contributed by atoms with Crippen molar-refractivity contribution in [3.63, 3.8) is 0 Å². The van der Waals surface area contributed by atoms with E-state index in [9.17, 15) is 14.9 Å². The molecule has 0 aliphatic rings. The second kappa shape index (κ2) is 5.87. The van der Waals surface area contributed by atoms with Crippen LogP contribution in [-0.4, -0.2) is 47.1 Å². The van der Waals surface area contributed by atoms with Crippen LogP contribution < -0.4 is 4.74 Å². The molecule has 1 aromatic carbocycles. The Bertz CT molecular complexity index is 525. The highest BCUT2D eigenvalue weighted by molar-refractivity contribution is 5.91. The molecular formula is C13H18N2O5. The molecule has 1 rings (SSSR count). The number of ether oxygens (including phenoxy) is 1. The number of likely N-dealkylation sites (N-methyl/N-ethyl adjacent to an activating group) is 1. The minimum Gasteiger partial charge on any atom is -0.491 e. The summed E-state index contributed by atoms with van der Waals surface area (Å²) < 4.78 is 5.51. The van der Waals surface area contributed by atoms with E-state index in [2.05, 4.69) is 0 Å². The van der Waals surface area contributed by atoms with Gasteiger partial charge in [0, 0.05) is 17.7 Å². The summed E-state index contributed by atoms with van der Waals surface area (Å²) in [5, 5.41) is 19.8. The van der Waals surface area contributed by atoms with Crippen molar-refractivity contribution in [3.8, 4) is 5.75 Å². The Morgan fingerprint density at radius 2 is 2.05 bits per heavy atom. The first-order valence-corrected chi connectivity index (χ1v) is 5.97. The first-order valence-electron chi connectivity index (χ1n) is 5.97. The zero-order valence-electron chi connectivity index (χ0n) is 11.9. The highest BCUT2D eigenvalue weighted by atomic mass is 16.6. The first-order chi connectivity index (χ1) is 9.15. The van der Waals surface area contributed by atoms with Gasteiger partial charge in [0.05, 0.1) is 4.92 Å². The molecule has 1 aromatic rings. The van der Waals surface area contributed by atoms with E-state index in [0.717, 1.165) is 6.07 Å². The van der Waals surface area contributed by atoms with Crippen molar-refractivity contribution in [2.75, 3.05) is 20.7 Å². The molecule has 7 heteroatoms. The number of nitro groups is 1. The fourth-order valence-electron chi connectivity index (χ4n) is 1.31. The standard InChI is InChI=1S/C13H18N2O5/c1-13(2,14(3)4)8-20-11-6-5-9(15(18)19)7-10(11)12(16)17/h5-7H,8H2,1-4H3,(H,16,17). The number of nitro benzene ring substituents is 1. The van der Waals surface area contributed by atoms with Crippen LogP contribution in [0.1, 0.15) is 24.2 Å². The second-order valence-electron chi connectivity index (χ2n) is 5.24. The highest BCUT2D eigenvalue weighted by Gasteiger charge is 2.23. The Kier molecular flexibility index (Phi) is 4.67. The van der Waals surface area contributed by atoms with E-state index in [1.165, 1.54) is 12.1 Å². The van der Waals surface area contributed by atoms with E-state index in [0.29, 0.717) is 0 Å². The smallest absolute Gasteiger partial charge is 0.339 e. The summed E-state index contributed by atoms with van der Waals surface area (Å²) in [5.74, 6) is -1.13. The largest absolute Gasteiger partial charge is 0.491 e. The number of carboxylic acids is 1. The van der Waals surface area contributed by atoms with Crippen molar-refractivity contribution in [2.24, 2.45) is 0 Å². The highest BCUT2D eigenvalue weighted by Crippen LogP contribution is 2.25. The molecule has 0 aliphatic carbocycles. The molecule has 0 fully saturated rings. The van der Waals surface area contributed by atoms with Gasteiger partial charge in [-0.1, -0.05) is 0 Å². The van der Waals surface area contributed by atoms with E-state index in [1.807, 2.05) is 32.8 Å². The maximum absolute atomic E-state index is 11.1. The number of non-ortho nitro benzene ring substituents is 1. The lowest BCUT2D eigenvalue weighted by atomic mass is 10.1. The minimum absolute atomic E-state index is 0.123. The fourth-order valence-corrected chi connectivity index (χ4v) is 1.31. The topological polar surface area (TPSA) is 92.9 Å². The first kappa shape index (κ1) is 15.9. The minimum atomic E-state index is -1.26. The van der Waals surface area contributed by atoms with Crippen LogP contribution in [0.5, 0.6) is 5.75 Å². The van der Waals surface area contributed by atoms with Crippen molar-refractivity contribution in [1.82, 2.24) is 4.90 Å². The van der Waals surface area contributed by atoms with Crippen LogP contribution in [0.3, 0.4) is 0 Å². The SMILES string of the molecule is CN(C)C(C)(C)COc1ccc([N+](=O)[O-])cc1C(=O)O. The third kappa shape index (κ3) is 3.67. The zero-order chi connectivity index (χ0) is 15.5. The predicted octanol–water partition coefficient (Wildman–Crippen LogP) is 2.01. The van der Waals surface area contributed by atoms with Crippen LogP contribution in [-0.2, 0) is 0 Å². The normalized spacial score (nSPS) is 11.4. The molecule has 0 radical (unpaired) electrons. The third-order valence-electron chi connectivity index (χ3n) is 3.20. The van der Waals surface area contributed by atoms with Gasteiger partial charge in [-0.2, -0.15) is 0 Å². The van der Waals surface area contributed by atoms with E-state index in [1.54, 1.807) is 0 Å². The Morgan fingerprint density at radius 3 is 2.50 bits per heavy atom. The van der Waals surface area contributed by atoms with Gasteiger partial charge in [0.2, 0.25) is 0 Å². The summed E-state index contributed by atoms with van der Waals surface area (Å²) in [7, 11) is 3.77. The van der Waals surface area contributed by atoms with Crippen molar-refractivity contribution in [2.45, 2.75) is 19.4 Å². The van der Waals surface area contributed by atoms with Crippen molar-refractivity contribution in [1.29, 1.82) is 0 Å². The molecule has 1 N–H and O–H groups in total. The average molecular weight is 282 g/mol. The second-order valence-corrected chi connectivity index (χ2v) is 5.24. The van der Waals surface area contributed by atoms with Gasteiger partial charge in [0.15, 0.2) is 0 Å². The van der Waals surface area contributed by atoms with Gasteiger partial charge in [0.1, 0.15) is 17.9 Å². The Labute approximate surface area is 116 Å². The number of benzene rings is 1. The maximum atomic E-state index is 11.1. The van der Waals surface area contributed by atoms with Gasteiger partial charge < -0.3 is 14.7 Å². The molecule has 0 aliphatic heterocycles. The van der Waals surface area contributed by atoms with Crippen LogP contribution in [0.15, 0.2) is 18.2 Å². The number of nitrogens with zero attached hydrogens (tertiary/aromatic N) is 2. The van der Waals surface area contributed by atoms with Crippen molar-refractivity contribution < 1.29 is 19.6 Å². The Morgan fingerprint density at radius 1 is 1.45 bits per heavy atom. The molecule has 0 heterocycles. The number of hydrogen-bond donors (Lipinski definition) is 1. The number of rotatable bonds is 6. The van der Waals surface area contributed by atoms with Crippen LogP contribution >= 0.6 is 0 Å². The number of hydrogen-bond acceptors (Lipinski definition) is 5. The molecule has 0 spiro atoms. The van der Waals surface area contributed by atoms with Crippen LogP contribution in [0.25, 0.3) is 0 Å². The van der Waals surface area contributed by atoms with Gasteiger partial charge in [-0.3, -0.25) is 10.1 Å². The van der Waals surface area contributed by atoms with Gasteiger partial charge in [-0.25, -0.2) is 4.79 Å². The molecule has 0 saturated heterocycles. The Balaban J connectivity index is 3.01. The summed E-state index contributed by atoms with van der Waals surface area (Å²) in [4.78, 5) is 23.1. The molecule has 20 heavy (non-hydrogen) atoms. The van der Waals surface area contributed by atoms with Crippen LogP contribution in [0, 0.1) is 10.1 Å². The third-order valence-corrected chi connectivity index (χ3v) is 3.20. The number of carbonyl (C=O) groups is 1. The van der Waals surface area contributed by atoms with E-state index < -0.39 is 10.9 Å². The van der Waals surface area contributed by atoms with Gasteiger partial charge in [-0.15, -0.1) is 0 Å². The Hall–Kier alpha value is -2.15. The van der Waals surface area contributed by atoms with Crippen LogP contribution in [0.4, 0.5) is 5.69 Å². The predicted molar refractivity (Wildman–Crippen MR) is 73.3 cm³/mol. The monoisotopic (exact) mass is 282 g/mol. The average Bonchev–Trinajstić information content (AvgIpc) is 2.35. The summed E-state index contributed by atoms with van der Waals surface area (Å²) in [6, 6.07) is 3.54. The van der Waals surface area contributed by atoms with E-state index in [-0.39, 0.29) is 29.1 Å². The number of carboxylic acid groups (broad SMARTS) is 1. The molecule has 110 valence electrons. The molecule has 0 atom stereocenters. The summed E-state index contributed by atoms with van der Waals surface area (Å²) in [6.07, 6.45) is 0. The molecular weight excluding hydrogens is 264 g/mol. The summed E-state index contributed by atoms with van der Waals surface area (Å²) in [6.45, 7) is 4.15. The quantitative estimate of drug-likeness (QED) is 0.633. The van der Waals surface area contributed by atoms with Gasteiger partial charge >= 0.3 is 5.97 Å². The lowest BCUT2D eigenvalue weighted by molar-refractivity contribution is -0.384. The van der Waals surface area contributed by atoms with Crippen molar-refractivity contribution in [3.05, 3.63) is 33.9 Å². The lowest BCUT2D eigenvalue weighted by Gasteiger charge is -2.32. The lowest BCUT2D eigenvalue weighted by Crippen LogP contribution is -2.43. The molecule has 0 bridgehead atoms. The van der Waals surface area contributed by atoms with E-state index >= 15 is 0 Å². The summed E-state index contributed by atoms with van der Waals surface area (Å²) >= 11 is 0. The molecule has 0 aromatic heterocycles. The van der Waals surface area contributed by atoms with Crippen molar-refractivity contribution >= 4 is 11.7 Å². The summed E-state index contributed by atoms with van der Waals surface area (Å²) in [5.41, 5.74) is -0.784. The molecule has 7 nitrogen and oxygen atoms in total. The molecule has 0 unspecified atom stereocenters.